The van der Waals surface area contributed by atoms with Crippen molar-refractivity contribution in [1.82, 2.24) is 5.32 Å². The molecule has 0 spiro atoms. The average molecular weight is 251 g/mol. The van der Waals surface area contributed by atoms with E-state index in [1.165, 1.54) is 5.56 Å². The summed E-state index contributed by atoms with van der Waals surface area (Å²) < 4.78 is 5.38. The van der Waals surface area contributed by atoms with E-state index in [9.17, 15) is 5.11 Å². The molecule has 0 aliphatic heterocycles. The van der Waals surface area contributed by atoms with Crippen molar-refractivity contribution in [2.75, 3.05) is 19.8 Å². The van der Waals surface area contributed by atoms with E-state index in [4.69, 9.17) is 4.74 Å². The van der Waals surface area contributed by atoms with E-state index in [-0.39, 0.29) is 6.04 Å². The largest absolute Gasteiger partial charge is 0.389 e. The number of hydrogen-bond donors (Lipinski definition) is 2. The van der Waals surface area contributed by atoms with Gasteiger partial charge in [-0.3, -0.25) is 0 Å². The van der Waals surface area contributed by atoms with Crippen LogP contribution in [0.25, 0.3) is 0 Å². The summed E-state index contributed by atoms with van der Waals surface area (Å²) >= 11 is 0. The summed E-state index contributed by atoms with van der Waals surface area (Å²) in [6.45, 7) is 5.93. The summed E-state index contributed by atoms with van der Waals surface area (Å²) in [4.78, 5) is 0. The lowest BCUT2D eigenvalue weighted by Gasteiger charge is -2.17. The van der Waals surface area contributed by atoms with Crippen LogP contribution >= 0.6 is 0 Å². The third kappa shape index (κ3) is 6.15. The van der Waals surface area contributed by atoms with Gasteiger partial charge >= 0.3 is 0 Å². The van der Waals surface area contributed by atoms with Gasteiger partial charge in [-0.05, 0) is 18.9 Å². The standard InChI is InChI=1S/C15H25NO2/c1-3-4-10-18-12-15(17)11-16-13(2)14-8-6-5-7-9-14/h5-9,13,15-17H,3-4,10-12H2,1-2H3/t13-,15?/m1/s1. The Labute approximate surface area is 110 Å². The topological polar surface area (TPSA) is 41.5 Å². The molecular weight excluding hydrogens is 226 g/mol. The van der Waals surface area contributed by atoms with E-state index in [2.05, 4.69) is 31.3 Å². The molecule has 1 aromatic carbocycles. The van der Waals surface area contributed by atoms with Crippen LogP contribution in [0, 0.1) is 0 Å². The zero-order chi connectivity index (χ0) is 13.2. The highest BCUT2D eigenvalue weighted by Crippen LogP contribution is 2.10. The van der Waals surface area contributed by atoms with Gasteiger partial charge in [0.25, 0.3) is 0 Å². The molecule has 3 heteroatoms. The summed E-state index contributed by atoms with van der Waals surface area (Å²) in [5.41, 5.74) is 1.23. The van der Waals surface area contributed by atoms with Crippen LogP contribution < -0.4 is 5.32 Å². The van der Waals surface area contributed by atoms with E-state index in [0.29, 0.717) is 13.2 Å². The maximum absolute atomic E-state index is 9.76. The summed E-state index contributed by atoms with van der Waals surface area (Å²) in [7, 11) is 0. The highest BCUT2D eigenvalue weighted by Gasteiger charge is 2.08. The van der Waals surface area contributed by atoms with Crippen molar-refractivity contribution >= 4 is 0 Å². The van der Waals surface area contributed by atoms with Gasteiger partial charge in [-0.2, -0.15) is 0 Å². The minimum absolute atomic E-state index is 0.247. The Morgan fingerprint density at radius 3 is 2.67 bits per heavy atom. The highest BCUT2D eigenvalue weighted by atomic mass is 16.5. The van der Waals surface area contributed by atoms with Gasteiger partial charge in [0.1, 0.15) is 0 Å². The SMILES string of the molecule is CCCCOCC(O)CN[C@H](C)c1ccccc1. The fraction of sp³-hybridized carbons (Fsp3) is 0.600. The first-order valence-electron chi connectivity index (χ1n) is 6.78. The molecule has 0 radical (unpaired) electrons. The van der Waals surface area contributed by atoms with Crippen molar-refractivity contribution in [2.45, 2.75) is 38.8 Å². The summed E-state index contributed by atoms with van der Waals surface area (Å²) in [5, 5.41) is 13.1. The number of benzene rings is 1. The van der Waals surface area contributed by atoms with Crippen LogP contribution in [-0.2, 0) is 4.74 Å². The molecule has 102 valence electrons. The van der Waals surface area contributed by atoms with Gasteiger partial charge in [-0.1, -0.05) is 43.7 Å². The lowest BCUT2D eigenvalue weighted by molar-refractivity contribution is 0.0348. The van der Waals surface area contributed by atoms with Crippen LogP contribution in [0.3, 0.4) is 0 Å². The first-order valence-corrected chi connectivity index (χ1v) is 6.78. The Morgan fingerprint density at radius 1 is 1.28 bits per heavy atom. The Morgan fingerprint density at radius 2 is 2.00 bits per heavy atom. The minimum Gasteiger partial charge on any atom is -0.389 e. The molecule has 0 saturated carbocycles. The molecule has 3 nitrogen and oxygen atoms in total. The molecule has 0 aromatic heterocycles. The maximum Gasteiger partial charge on any atom is 0.0897 e. The summed E-state index contributed by atoms with van der Waals surface area (Å²) in [6.07, 6.45) is 1.74. The maximum atomic E-state index is 9.76. The van der Waals surface area contributed by atoms with Crippen LogP contribution in [0.15, 0.2) is 30.3 Å². The Balaban J connectivity index is 2.16. The van der Waals surface area contributed by atoms with Gasteiger partial charge in [-0.25, -0.2) is 0 Å². The number of nitrogens with one attached hydrogen (secondary N) is 1. The van der Waals surface area contributed by atoms with Gasteiger partial charge in [-0.15, -0.1) is 0 Å². The Bertz CT molecular complexity index is 303. The molecular formula is C15H25NO2. The van der Waals surface area contributed by atoms with E-state index < -0.39 is 6.10 Å². The highest BCUT2D eigenvalue weighted by molar-refractivity contribution is 5.17. The first-order chi connectivity index (χ1) is 8.74. The number of ether oxygens (including phenoxy) is 1. The molecule has 2 N–H and O–H groups in total. The molecule has 18 heavy (non-hydrogen) atoms. The quantitative estimate of drug-likeness (QED) is 0.663. The van der Waals surface area contributed by atoms with Crippen LogP contribution in [0.2, 0.25) is 0 Å². The number of aliphatic hydroxyl groups excluding tert-OH is 1. The molecule has 0 aliphatic rings. The van der Waals surface area contributed by atoms with Crippen molar-refractivity contribution in [1.29, 1.82) is 0 Å². The molecule has 0 amide bonds. The second-order valence-corrected chi connectivity index (χ2v) is 4.62. The summed E-state index contributed by atoms with van der Waals surface area (Å²) in [5.74, 6) is 0. The third-order valence-corrected chi connectivity index (χ3v) is 2.91. The lowest BCUT2D eigenvalue weighted by Crippen LogP contribution is -2.32. The molecule has 1 rings (SSSR count). The van der Waals surface area contributed by atoms with Gasteiger partial charge in [0.05, 0.1) is 12.7 Å². The van der Waals surface area contributed by atoms with Gasteiger partial charge in [0.15, 0.2) is 0 Å². The average Bonchev–Trinajstić information content (AvgIpc) is 2.42. The molecule has 2 atom stereocenters. The molecule has 0 saturated heterocycles. The van der Waals surface area contributed by atoms with Gasteiger partial charge < -0.3 is 15.2 Å². The van der Waals surface area contributed by atoms with Crippen LogP contribution in [0.4, 0.5) is 0 Å². The fourth-order valence-corrected chi connectivity index (χ4v) is 1.70. The van der Waals surface area contributed by atoms with Gasteiger partial charge in [0.2, 0.25) is 0 Å². The van der Waals surface area contributed by atoms with Gasteiger partial charge in [0, 0.05) is 19.2 Å². The zero-order valence-electron chi connectivity index (χ0n) is 11.4. The van der Waals surface area contributed by atoms with E-state index in [1.54, 1.807) is 0 Å². The first kappa shape index (κ1) is 15.2. The second kappa shape index (κ2) is 9.09. The predicted molar refractivity (Wildman–Crippen MR) is 74.6 cm³/mol. The Kier molecular flexibility index (Phi) is 7.65. The van der Waals surface area contributed by atoms with E-state index in [0.717, 1.165) is 19.4 Å². The molecule has 0 aliphatic carbocycles. The normalized spacial score (nSPS) is 14.4. The van der Waals surface area contributed by atoms with Crippen molar-refractivity contribution in [3.05, 3.63) is 35.9 Å². The van der Waals surface area contributed by atoms with Crippen LogP contribution in [-0.4, -0.2) is 31.0 Å². The molecule has 0 heterocycles. The number of hydrogen-bond acceptors (Lipinski definition) is 3. The molecule has 0 fully saturated rings. The summed E-state index contributed by atoms with van der Waals surface area (Å²) in [6, 6.07) is 10.5. The Hall–Kier alpha value is -0.900. The lowest BCUT2D eigenvalue weighted by atomic mass is 10.1. The van der Waals surface area contributed by atoms with Crippen molar-refractivity contribution < 1.29 is 9.84 Å². The fourth-order valence-electron chi connectivity index (χ4n) is 1.70. The number of unbranched alkanes of at least 4 members (excludes halogenated alkanes) is 1. The molecule has 0 bridgehead atoms. The van der Waals surface area contributed by atoms with Crippen LogP contribution in [0.1, 0.15) is 38.3 Å². The molecule has 1 aromatic rings. The second-order valence-electron chi connectivity index (χ2n) is 4.62. The van der Waals surface area contributed by atoms with E-state index in [1.807, 2.05) is 18.2 Å². The van der Waals surface area contributed by atoms with Crippen molar-refractivity contribution in [2.24, 2.45) is 0 Å². The monoisotopic (exact) mass is 251 g/mol. The van der Waals surface area contributed by atoms with Crippen molar-refractivity contribution in [3.8, 4) is 0 Å². The molecule has 1 unspecified atom stereocenters. The smallest absolute Gasteiger partial charge is 0.0897 e. The minimum atomic E-state index is -0.437. The van der Waals surface area contributed by atoms with Crippen LogP contribution in [0.5, 0.6) is 0 Å². The zero-order valence-corrected chi connectivity index (χ0v) is 11.4. The number of rotatable bonds is 9. The predicted octanol–water partition coefficient (Wildman–Crippen LogP) is 2.51. The van der Waals surface area contributed by atoms with Crippen molar-refractivity contribution in [3.63, 3.8) is 0 Å². The third-order valence-electron chi connectivity index (χ3n) is 2.91. The number of aliphatic hydroxyl groups is 1. The van der Waals surface area contributed by atoms with E-state index >= 15 is 0 Å².